The van der Waals surface area contributed by atoms with Crippen LogP contribution in [0.3, 0.4) is 0 Å². The Morgan fingerprint density at radius 1 is 1.65 bits per heavy atom. The first kappa shape index (κ1) is 14.1. The van der Waals surface area contributed by atoms with E-state index < -0.39 is 0 Å². The molecular formula is C12H19NO3S. The van der Waals surface area contributed by atoms with Crippen LogP contribution in [0.4, 0.5) is 0 Å². The van der Waals surface area contributed by atoms with E-state index in [1.165, 1.54) is 0 Å². The van der Waals surface area contributed by atoms with Gasteiger partial charge in [0.25, 0.3) is 0 Å². The van der Waals surface area contributed by atoms with Gasteiger partial charge in [0.2, 0.25) is 0 Å². The summed E-state index contributed by atoms with van der Waals surface area (Å²) in [5.41, 5.74) is 0. The van der Waals surface area contributed by atoms with Crippen LogP contribution in [-0.4, -0.2) is 31.4 Å². The van der Waals surface area contributed by atoms with E-state index in [0.717, 1.165) is 22.8 Å². The monoisotopic (exact) mass is 257 g/mol. The van der Waals surface area contributed by atoms with Crippen molar-refractivity contribution in [3.05, 3.63) is 18.1 Å². The number of carbonyl (C=O) groups is 1. The number of ether oxygens (including phenoxy) is 1. The highest BCUT2D eigenvalue weighted by Crippen LogP contribution is 2.24. The van der Waals surface area contributed by atoms with Crippen molar-refractivity contribution in [2.75, 3.05) is 19.4 Å². The standard InChI is InChI=1S/C12H19NO3S/c1-4-15-12(14)10(13-3)6-8-17-11-5-7-16-9(11)2/h5,7,10,13H,4,6,8H2,1-3H3. The van der Waals surface area contributed by atoms with Crippen LogP contribution in [0.25, 0.3) is 0 Å². The first-order valence-corrected chi connectivity index (χ1v) is 6.68. The average Bonchev–Trinajstić information content (AvgIpc) is 2.71. The maximum Gasteiger partial charge on any atom is 0.323 e. The quantitative estimate of drug-likeness (QED) is 0.599. The molecule has 0 saturated carbocycles. The van der Waals surface area contributed by atoms with E-state index >= 15 is 0 Å². The lowest BCUT2D eigenvalue weighted by Crippen LogP contribution is -2.36. The molecule has 4 nitrogen and oxygen atoms in total. The fourth-order valence-electron chi connectivity index (χ4n) is 1.43. The number of carbonyl (C=O) groups excluding carboxylic acids is 1. The Morgan fingerprint density at radius 2 is 2.41 bits per heavy atom. The molecule has 1 unspecified atom stereocenters. The van der Waals surface area contributed by atoms with E-state index in [2.05, 4.69) is 5.32 Å². The fourth-order valence-corrected chi connectivity index (χ4v) is 2.41. The van der Waals surface area contributed by atoms with Gasteiger partial charge in [0.05, 0.1) is 12.9 Å². The summed E-state index contributed by atoms with van der Waals surface area (Å²) < 4.78 is 10.2. The van der Waals surface area contributed by atoms with E-state index in [1.807, 2.05) is 19.9 Å². The van der Waals surface area contributed by atoms with Crippen molar-refractivity contribution in [3.8, 4) is 0 Å². The highest BCUT2D eigenvalue weighted by atomic mass is 32.2. The first-order valence-electron chi connectivity index (χ1n) is 5.69. The molecule has 96 valence electrons. The van der Waals surface area contributed by atoms with Gasteiger partial charge in [-0.2, -0.15) is 0 Å². The highest BCUT2D eigenvalue weighted by molar-refractivity contribution is 7.99. The first-order chi connectivity index (χ1) is 8.19. The SMILES string of the molecule is CCOC(=O)C(CCSc1ccoc1C)NC. The van der Waals surface area contributed by atoms with Crippen LogP contribution < -0.4 is 5.32 Å². The van der Waals surface area contributed by atoms with Gasteiger partial charge in [-0.15, -0.1) is 11.8 Å². The van der Waals surface area contributed by atoms with E-state index in [4.69, 9.17) is 9.15 Å². The molecule has 1 aromatic rings. The van der Waals surface area contributed by atoms with Gasteiger partial charge in [0.15, 0.2) is 0 Å². The summed E-state index contributed by atoms with van der Waals surface area (Å²) in [4.78, 5) is 12.6. The molecule has 0 aromatic carbocycles. The zero-order valence-electron chi connectivity index (χ0n) is 10.5. The van der Waals surface area contributed by atoms with Crippen molar-refractivity contribution < 1.29 is 13.9 Å². The summed E-state index contributed by atoms with van der Waals surface area (Å²) in [6.07, 6.45) is 2.42. The highest BCUT2D eigenvalue weighted by Gasteiger charge is 2.17. The zero-order chi connectivity index (χ0) is 12.7. The van der Waals surface area contributed by atoms with Crippen LogP contribution in [0, 0.1) is 6.92 Å². The van der Waals surface area contributed by atoms with Crippen molar-refractivity contribution in [2.45, 2.75) is 31.2 Å². The second-order valence-electron chi connectivity index (χ2n) is 3.57. The Bertz CT molecular complexity index is 351. The number of aryl methyl sites for hydroxylation is 1. The normalized spacial score (nSPS) is 12.4. The molecule has 17 heavy (non-hydrogen) atoms. The Balaban J connectivity index is 2.33. The molecule has 0 aliphatic heterocycles. The molecule has 1 heterocycles. The fraction of sp³-hybridized carbons (Fsp3) is 0.583. The van der Waals surface area contributed by atoms with Crippen molar-refractivity contribution in [2.24, 2.45) is 0 Å². The molecule has 1 aromatic heterocycles. The molecule has 0 bridgehead atoms. The maximum atomic E-state index is 11.5. The van der Waals surface area contributed by atoms with E-state index in [-0.39, 0.29) is 12.0 Å². The minimum atomic E-state index is -0.227. The van der Waals surface area contributed by atoms with Gasteiger partial charge in [0, 0.05) is 10.6 Å². The number of likely N-dealkylation sites (N-methyl/N-ethyl adjacent to an activating group) is 1. The molecule has 1 N–H and O–H groups in total. The van der Waals surface area contributed by atoms with Crippen LogP contribution in [0.15, 0.2) is 21.6 Å². The summed E-state index contributed by atoms with van der Waals surface area (Å²) in [7, 11) is 1.77. The van der Waals surface area contributed by atoms with Crippen LogP contribution in [0.5, 0.6) is 0 Å². The topological polar surface area (TPSA) is 51.5 Å². The van der Waals surface area contributed by atoms with Crippen LogP contribution in [0.1, 0.15) is 19.1 Å². The third kappa shape index (κ3) is 4.44. The molecule has 0 aliphatic carbocycles. The molecule has 0 radical (unpaired) electrons. The number of esters is 1. The maximum absolute atomic E-state index is 11.5. The van der Waals surface area contributed by atoms with Gasteiger partial charge < -0.3 is 14.5 Å². The second-order valence-corrected chi connectivity index (χ2v) is 4.71. The molecule has 1 atom stereocenters. The van der Waals surface area contributed by atoms with Crippen molar-refractivity contribution in [1.82, 2.24) is 5.32 Å². The van der Waals surface area contributed by atoms with Gasteiger partial charge in [0.1, 0.15) is 11.8 Å². The smallest absolute Gasteiger partial charge is 0.323 e. The number of nitrogens with one attached hydrogen (secondary N) is 1. The number of thioether (sulfide) groups is 1. The molecular weight excluding hydrogens is 238 g/mol. The van der Waals surface area contributed by atoms with Crippen LogP contribution in [0.2, 0.25) is 0 Å². The summed E-state index contributed by atoms with van der Waals surface area (Å²) in [5, 5.41) is 2.97. The predicted molar refractivity (Wildman–Crippen MR) is 68.3 cm³/mol. The Morgan fingerprint density at radius 3 is 2.94 bits per heavy atom. The van der Waals surface area contributed by atoms with E-state index in [0.29, 0.717) is 6.61 Å². The Hall–Kier alpha value is -0.940. The van der Waals surface area contributed by atoms with Gasteiger partial charge in [-0.3, -0.25) is 4.79 Å². The number of hydrogen-bond donors (Lipinski definition) is 1. The summed E-state index contributed by atoms with van der Waals surface area (Å²) in [6, 6.07) is 1.72. The molecule has 0 amide bonds. The van der Waals surface area contributed by atoms with Crippen molar-refractivity contribution in [1.29, 1.82) is 0 Å². The molecule has 0 saturated heterocycles. The average molecular weight is 257 g/mol. The lowest BCUT2D eigenvalue weighted by atomic mass is 10.2. The second kappa shape index (κ2) is 7.40. The molecule has 0 spiro atoms. The zero-order valence-corrected chi connectivity index (χ0v) is 11.3. The van der Waals surface area contributed by atoms with Crippen molar-refractivity contribution >= 4 is 17.7 Å². The Kier molecular flexibility index (Phi) is 6.15. The summed E-state index contributed by atoms with van der Waals surface area (Å²) in [6.45, 7) is 4.17. The molecule has 1 rings (SSSR count). The Labute approximate surface area is 106 Å². The summed E-state index contributed by atoms with van der Waals surface area (Å²) in [5.74, 6) is 1.59. The summed E-state index contributed by atoms with van der Waals surface area (Å²) >= 11 is 1.69. The molecule has 0 aliphatic rings. The van der Waals surface area contributed by atoms with Gasteiger partial charge >= 0.3 is 5.97 Å². The van der Waals surface area contributed by atoms with Gasteiger partial charge in [-0.25, -0.2) is 0 Å². The van der Waals surface area contributed by atoms with Gasteiger partial charge in [-0.1, -0.05) is 0 Å². The number of hydrogen-bond acceptors (Lipinski definition) is 5. The van der Waals surface area contributed by atoms with E-state index in [9.17, 15) is 4.79 Å². The third-order valence-electron chi connectivity index (χ3n) is 2.39. The van der Waals surface area contributed by atoms with Gasteiger partial charge in [-0.05, 0) is 33.4 Å². The largest absolute Gasteiger partial charge is 0.468 e. The number of furan rings is 1. The van der Waals surface area contributed by atoms with Crippen LogP contribution >= 0.6 is 11.8 Å². The predicted octanol–water partition coefficient (Wildman–Crippen LogP) is 2.22. The lowest BCUT2D eigenvalue weighted by molar-refractivity contribution is -0.145. The number of rotatable bonds is 7. The minimum absolute atomic E-state index is 0.181. The molecule has 0 fully saturated rings. The van der Waals surface area contributed by atoms with E-state index in [1.54, 1.807) is 25.1 Å². The van der Waals surface area contributed by atoms with Crippen molar-refractivity contribution in [3.63, 3.8) is 0 Å². The van der Waals surface area contributed by atoms with Crippen LogP contribution in [-0.2, 0) is 9.53 Å². The third-order valence-corrected chi connectivity index (χ3v) is 3.57. The molecule has 5 heteroatoms. The lowest BCUT2D eigenvalue weighted by Gasteiger charge is -2.13. The minimum Gasteiger partial charge on any atom is -0.468 e.